The molecule has 0 saturated carbocycles. The van der Waals surface area contributed by atoms with Crippen LogP contribution in [0.2, 0.25) is 0 Å². The van der Waals surface area contributed by atoms with Crippen molar-refractivity contribution in [3.8, 4) is 0 Å². The van der Waals surface area contributed by atoms with Crippen LogP contribution in [-0.2, 0) is 0 Å². The van der Waals surface area contributed by atoms with E-state index in [4.69, 9.17) is 11.6 Å². The maximum Gasteiger partial charge on any atom is 0.129 e. The lowest BCUT2D eigenvalue weighted by Crippen LogP contribution is -2.05. The fourth-order valence-electron chi connectivity index (χ4n) is 1.42. The number of nitrogens with zero attached hydrogens (tertiary/aromatic N) is 2. The second-order valence-electron chi connectivity index (χ2n) is 3.62. The van der Waals surface area contributed by atoms with E-state index in [0.29, 0.717) is 0 Å². The minimum Gasteiger partial charge on any atom is -0.370 e. The Morgan fingerprint density at radius 2 is 2.00 bits per heavy atom. The Bertz CT molecular complexity index is 282. The molecule has 0 atom stereocenters. The summed E-state index contributed by atoms with van der Waals surface area (Å²) in [7, 11) is 0. The lowest BCUT2D eigenvalue weighted by atomic mass is 10.2. The van der Waals surface area contributed by atoms with Crippen LogP contribution in [0.5, 0.6) is 0 Å². The maximum atomic E-state index is 5.60. The van der Waals surface area contributed by atoms with Crippen LogP contribution in [0.25, 0.3) is 0 Å². The molecule has 0 fully saturated rings. The predicted octanol–water partition coefficient (Wildman–Crippen LogP) is 2.91. The Hall–Kier alpha value is -0.830. The lowest BCUT2D eigenvalue weighted by molar-refractivity contribution is 0.745. The average molecular weight is 228 g/mol. The van der Waals surface area contributed by atoms with Gasteiger partial charge in [-0.1, -0.05) is 6.42 Å². The molecule has 0 aliphatic heterocycles. The molecule has 0 aliphatic carbocycles. The van der Waals surface area contributed by atoms with Crippen molar-refractivity contribution in [1.82, 2.24) is 9.97 Å². The Morgan fingerprint density at radius 1 is 1.20 bits per heavy atom. The lowest BCUT2D eigenvalue weighted by Gasteiger charge is -2.06. The zero-order chi connectivity index (χ0) is 11.1. The third kappa shape index (κ3) is 4.98. The zero-order valence-electron chi connectivity index (χ0n) is 9.39. The highest BCUT2D eigenvalue weighted by molar-refractivity contribution is 6.17. The van der Waals surface area contributed by atoms with E-state index in [9.17, 15) is 0 Å². The molecule has 84 valence electrons. The van der Waals surface area contributed by atoms with Gasteiger partial charge in [0.2, 0.25) is 0 Å². The molecule has 0 bridgehead atoms. The first-order chi connectivity index (χ1) is 7.22. The molecule has 0 saturated heterocycles. The number of aromatic nitrogens is 2. The van der Waals surface area contributed by atoms with Crippen LogP contribution in [0.4, 0.5) is 5.82 Å². The number of alkyl halides is 1. The second-order valence-corrected chi connectivity index (χ2v) is 4.00. The summed E-state index contributed by atoms with van der Waals surface area (Å²) in [6, 6.07) is 1.97. The van der Waals surface area contributed by atoms with E-state index in [2.05, 4.69) is 15.3 Å². The van der Waals surface area contributed by atoms with Crippen molar-refractivity contribution < 1.29 is 0 Å². The molecule has 4 heteroatoms. The first-order valence-corrected chi connectivity index (χ1v) is 5.88. The number of hydrogen-bond donors (Lipinski definition) is 1. The normalized spacial score (nSPS) is 10.3. The van der Waals surface area contributed by atoms with Crippen molar-refractivity contribution >= 4 is 17.4 Å². The molecule has 1 rings (SSSR count). The van der Waals surface area contributed by atoms with E-state index in [1.54, 1.807) is 0 Å². The van der Waals surface area contributed by atoms with Gasteiger partial charge in [-0.15, -0.1) is 11.6 Å². The van der Waals surface area contributed by atoms with E-state index in [1.165, 1.54) is 6.42 Å². The minimum absolute atomic E-state index is 0.756. The van der Waals surface area contributed by atoms with Crippen molar-refractivity contribution in [2.45, 2.75) is 33.1 Å². The Balaban J connectivity index is 2.31. The zero-order valence-corrected chi connectivity index (χ0v) is 10.1. The van der Waals surface area contributed by atoms with Crippen LogP contribution in [0, 0.1) is 13.8 Å². The Morgan fingerprint density at radius 3 is 2.67 bits per heavy atom. The predicted molar refractivity (Wildman–Crippen MR) is 64.6 cm³/mol. The van der Waals surface area contributed by atoms with E-state index in [-0.39, 0.29) is 0 Å². The monoisotopic (exact) mass is 227 g/mol. The van der Waals surface area contributed by atoms with Crippen LogP contribution in [0.3, 0.4) is 0 Å². The number of rotatable bonds is 6. The SMILES string of the molecule is Cc1cc(NCCCCCCl)nc(C)n1. The van der Waals surface area contributed by atoms with Crippen LogP contribution >= 0.6 is 11.6 Å². The Labute approximate surface area is 96.3 Å². The molecule has 0 aliphatic rings. The molecule has 0 unspecified atom stereocenters. The summed E-state index contributed by atoms with van der Waals surface area (Å²) in [6.07, 6.45) is 3.39. The van der Waals surface area contributed by atoms with Gasteiger partial charge in [0.1, 0.15) is 11.6 Å². The molecule has 1 aromatic heterocycles. The van der Waals surface area contributed by atoms with Crippen molar-refractivity contribution in [1.29, 1.82) is 0 Å². The highest BCUT2D eigenvalue weighted by atomic mass is 35.5. The number of nitrogens with one attached hydrogen (secondary N) is 1. The van der Waals surface area contributed by atoms with Crippen LogP contribution in [0.15, 0.2) is 6.07 Å². The molecule has 0 radical (unpaired) electrons. The fraction of sp³-hybridized carbons (Fsp3) is 0.636. The first-order valence-electron chi connectivity index (χ1n) is 5.34. The highest BCUT2D eigenvalue weighted by Gasteiger charge is 1.97. The molecule has 1 N–H and O–H groups in total. The first kappa shape index (κ1) is 12.2. The smallest absolute Gasteiger partial charge is 0.129 e. The van der Waals surface area contributed by atoms with E-state index in [0.717, 1.165) is 42.6 Å². The van der Waals surface area contributed by atoms with Crippen LogP contribution in [0.1, 0.15) is 30.8 Å². The van der Waals surface area contributed by atoms with E-state index >= 15 is 0 Å². The van der Waals surface area contributed by atoms with Crippen molar-refractivity contribution in [3.63, 3.8) is 0 Å². The standard InChI is InChI=1S/C11H18ClN3/c1-9-8-11(15-10(2)14-9)13-7-5-3-4-6-12/h8H,3-7H2,1-2H3,(H,13,14,15). The van der Waals surface area contributed by atoms with Gasteiger partial charge in [0.05, 0.1) is 0 Å². The van der Waals surface area contributed by atoms with Gasteiger partial charge in [0, 0.05) is 24.2 Å². The van der Waals surface area contributed by atoms with Gasteiger partial charge in [-0.05, 0) is 26.7 Å². The summed E-state index contributed by atoms with van der Waals surface area (Å²) in [5.41, 5.74) is 1.01. The van der Waals surface area contributed by atoms with Gasteiger partial charge in [0.25, 0.3) is 0 Å². The minimum atomic E-state index is 0.756. The summed E-state index contributed by atoms with van der Waals surface area (Å²) in [5.74, 6) is 2.50. The van der Waals surface area contributed by atoms with Crippen molar-refractivity contribution in [2.24, 2.45) is 0 Å². The second kappa shape index (κ2) is 6.62. The number of halogens is 1. The topological polar surface area (TPSA) is 37.8 Å². The summed E-state index contributed by atoms with van der Waals surface area (Å²) < 4.78 is 0. The van der Waals surface area contributed by atoms with Gasteiger partial charge in [-0.2, -0.15) is 0 Å². The van der Waals surface area contributed by atoms with Gasteiger partial charge >= 0.3 is 0 Å². The third-order valence-corrected chi connectivity index (χ3v) is 2.35. The summed E-state index contributed by atoms with van der Waals surface area (Å²) >= 11 is 5.60. The van der Waals surface area contributed by atoms with Crippen LogP contribution < -0.4 is 5.32 Å². The molecular formula is C11H18ClN3. The quantitative estimate of drug-likeness (QED) is 0.600. The maximum absolute atomic E-state index is 5.60. The van der Waals surface area contributed by atoms with Gasteiger partial charge < -0.3 is 5.32 Å². The Kier molecular flexibility index (Phi) is 5.40. The average Bonchev–Trinajstić information content (AvgIpc) is 2.16. The highest BCUT2D eigenvalue weighted by Crippen LogP contribution is 2.06. The largest absolute Gasteiger partial charge is 0.370 e. The number of aryl methyl sites for hydroxylation is 2. The van der Waals surface area contributed by atoms with Crippen molar-refractivity contribution in [3.05, 3.63) is 17.6 Å². The summed E-state index contributed by atoms with van der Waals surface area (Å²) in [4.78, 5) is 8.53. The molecular weight excluding hydrogens is 210 g/mol. The van der Waals surface area contributed by atoms with E-state index in [1.807, 2.05) is 19.9 Å². The van der Waals surface area contributed by atoms with Gasteiger partial charge in [-0.25, -0.2) is 9.97 Å². The molecule has 0 spiro atoms. The third-order valence-electron chi connectivity index (χ3n) is 2.08. The number of hydrogen-bond acceptors (Lipinski definition) is 3. The molecule has 15 heavy (non-hydrogen) atoms. The number of unbranched alkanes of at least 4 members (excludes halogenated alkanes) is 2. The molecule has 0 amide bonds. The summed E-state index contributed by atoms with van der Waals surface area (Å²) in [6.45, 7) is 4.84. The molecule has 3 nitrogen and oxygen atoms in total. The van der Waals surface area contributed by atoms with Crippen LogP contribution in [-0.4, -0.2) is 22.4 Å². The molecule has 1 aromatic rings. The van der Waals surface area contributed by atoms with Crippen molar-refractivity contribution in [2.75, 3.05) is 17.7 Å². The fourth-order valence-corrected chi connectivity index (χ4v) is 1.61. The summed E-state index contributed by atoms with van der Waals surface area (Å²) in [5, 5.41) is 3.29. The van der Waals surface area contributed by atoms with Gasteiger partial charge in [-0.3, -0.25) is 0 Å². The molecule has 0 aromatic carbocycles. The number of anilines is 1. The van der Waals surface area contributed by atoms with E-state index < -0.39 is 0 Å². The molecule has 1 heterocycles. The van der Waals surface area contributed by atoms with Gasteiger partial charge in [0.15, 0.2) is 0 Å².